The minimum atomic E-state index is -1.07. The molecular formula is C17H15BrN2O3. The van der Waals surface area contributed by atoms with Gasteiger partial charge in [0, 0.05) is 10.9 Å². The lowest BCUT2D eigenvalue weighted by molar-refractivity contribution is -0.137. The number of carbonyl (C=O) groups excluding carboxylic acids is 3. The van der Waals surface area contributed by atoms with Crippen LogP contribution < -0.4 is 11.1 Å². The van der Waals surface area contributed by atoms with Gasteiger partial charge in [0.05, 0.1) is 5.56 Å². The molecule has 3 N–H and O–H groups in total. The number of benzene rings is 2. The van der Waals surface area contributed by atoms with Crippen molar-refractivity contribution >= 4 is 33.5 Å². The molecule has 1 atom stereocenters. The van der Waals surface area contributed by atoms with Crippen LogP contribution in [0.3, 0.4) is 0 Å². The highest BCUT2D eigenvalue weighted by Gasteiger charge is 2.26. The molecule has 0 aliphatic rings. The van der Waals surface area contributed by atoms with Crippen LogP contribution in [-0.2, 0) is 16.0 Å². The number of Topliss-reactive ketones (excluding diaryl/α,β-unsaturated/α-hetero) is 1. The maximum Gasteiger partial charge on any atom is 0.287 e. The fourth-order valence-electron chi connectivity index (χ4n) is 2.11. The summed E-state index contributed by atoms with van der Waals surface area (Å²) in [6, 6.07) is 14.9. The van der Waals surface area contributed by atoms with E-state index in [2.05, 4.69) is 21.2 Å². The zero-order valence-electron chi connectivity index (χ0n) is 12.2. The Hall–Kier alpha value is -2.47. The number of amides is 2. The zero-order chi connectivity index (χ0) is 16.8. The molecule has 5 nitrogen and oxygen atoms in total. The van der Waals surface area contributed by atoms with Gasteiger partial charge in [-0.2, -0.15) is 0 Å². The molecule has 2 amide bonds. The van der Waals surface area contributed by atoms with Gasteiger partial charge in [-0.1, -0.05) is 42.5 Å². The molecule has 6 heteroatoms. The summed E-state index contributed by atoms with van der Waals surface area (Å²) in [6.45, 7) is 0. The number of halogens is 1. The zero-order valence-corrected chi connectivity index (χ0v) is 13.7. The molecule has 118 valence electrons. The topological polar surface area (TPSA) is 89.3 Å². The smallest absolute Gasteiger partial charge is 0.287 e. The first-order valence-corrected chi connectivity index (χ1v) is 7.71. The SMILES string of the molecule is NC(=O)C(=O)[C@H](Cc1ccccc1)NC(=O)c1ccccc1Br. The third-order valence-electron chi connectivity index (χ3n) is 3.27. The highest BCUT2D eigenvalue weighted by Crippen LogP contribution is 2.16. The highest BCUT2D eigenvalue weighted by atomic mass is 79.9. The molecule has 2 rings (SSSR count). The van der Waals surface area contributed by atoms with E-state index in [1.165, 1.54) is 0 Å². The van der Waals surface area contributed by atoms with Crippen molar-refractivity contribution in [2.24, 2.45) is 5.73 Å². The number of carbonyl (C=O) groups is 3. The van der Waals surface area contributed by atoms with Gasteiger partial charge in [-0.15, -0.1) is 0 Å². The lowest BCUT2D eigenvalue weighted by Gasteiger charge is -2.17. The van der Waals surface area contributed by atoms with E-state index in [0.29, 0.717) is 10.0 Å². The second kappa shape index (κ2) is 7.69. The van der Waals surface area contributed by atoms with Gasteiger partial charge in [0.25, 0.3) is 11.8 Å². The lowest BCUT2D eigenvalue weighted by Crippen LogP contribution is -2.47. The molecular weight excluding hydrogens is 360 g/mol. The summed E-state index contributed by atoms with van der Waals surface area (Å²) in [5, 5.41) is 2.58. The largest absolute Gasteiger partial charge is 0.363 e. The van der Waals surface area contributed by atoms with Gasteiger partial charge in [-0.05, 0) is 33.6 Å². The Morgan fingerprint density at radius 2 is 1.61 bits per heavy atom. The number of rotatable bonds is 6. The average molecular weight is 375 g/mol. The summed E-state index contributed by atoms with van der Waals surface area (Å²) >= 11 is 3.28. The van der Waals surface area contributed by atoms with Gasteiger partial charge in [-0.25, -0.2) is 0 Å². The summed E-state index contributed by atoms with van der Waals surface area (Å²) in [6.07, 6.45) is 0.193. The van der Waals surface area contributed by atoms with Crippen LogP contribution >= 0.6 is 15.9 Å². The molecule has 0 aliphatic carbocycles. The summed E-state index contributed by atoms with van der Waals surface area (Å²) in [5.74, 6) is -2.35. The van der Waals surface area contributed by atoms with Crippen molar-refractivity contribution < 1.29 is 14.4 Å². The molecule has 0 aromatic heterocycles. The Morgan fingerprint density at radius 1 is 1.00 bits per heavy atom. The molecule has 0 bridgehead atoms. The van der Waals surface area contributed by atoms with Crippen LogP contribution in [0.2, 0.25) is 0 Å². The van der Waals surface area contributed by atoms with E-state index in [1.54, 1.807) is 24.3 Å². The third-order valence-corrected chi connectivity index (χ3v) is 3.96. The van der Waals surface area contributed by atoms with Crippen LogP contribution in [0, 0.1) is 0 Å². The molecule has 0 saturated carbocycles. The number of nitrogens with two attached hydrogens (primary N) is 1. The highest BCUT2D eigenvalue weighted by molar-refractivity contribution is 9.10. The van der Waals surface area contributed by atoms with Crippen LogP contribution in [0.4, 0.5) is 0 Å². The van der Waals surface area contributed by atoms with E-state index >= 15 is 0 Å². The average Bonchev–Trinajstić information content (AvgIpc) is 2.54. The Kier molecular flexibility index (Phi) is 5.65. The Balaban J connectivity index is 2.21. The standard InChI is InChI=1S/C17H15BrN2O3/c18-13-9-5-4-8-12(13)17(23)20-14(15(21)16(19)22)10-11-6-2-1-3-7-11/h1-9,14H,10H2,(H2,19,22)(H,20,23)/t14-/m0/s1. The predicted molar refractivity (Wildman–Crippen MR) is 89.7 cm³/mol. The number of primary amides is 1. The molecule has 0 unspecified atom stereocenters. The fraction of sp³-hybridized carbons (Fsp3) is 0.118. The van der Waals surface area contributed by atoms with Crippen LogP contribution in [0.15, 0.2) is 59.1 Å². The van der Waals surface area contributed by atoms with E-state index < -0.39 is 23.6 Å². The maximum atomic E-state index is 12.3. The van der Waals surface area contributed by atoms with Crippen LogP contribution in [0.1, 0.15) is 15.9 Å². The van der Waals surface area contributed by atoms with Crippen molar-refractivity contribution in [3.8, 4) is 0 Å². The molecule has 2 aromatic carbocycles. The van der Waals surface area contributed by atoms with Gasteiger partial charge in [0.2, 0.25) is 5.78 Å². The molecule has 0 saturated heterocycles. The molecule has 0 heterocycles. The van der Waals surface area contributed by atoms with Gasteiger partial charge in [-0.3, -0.25) is 14.4 Å². The van der Waals surface area contributed by atoms with E-state index in [4.69, 9.17) is 5.73 Å². The molecule has 0 spiro atoms. The fourth-order valence-corrected chi connectivity index (χ4v) is 2.58. The van der Waals surface area contributed by atoms with Crippen molar-refractivity contribution in [1.82, 2.24) is 5.32 Å². The quantitative estimate of drug-likeness (QED) is 0.756. The number of hydrogen-bond donors (Lipinski definition) is 2. The molecule has 0 radical (unpaired) electrons. The molecule has 23 heavy (non-hydrogen) atoms. The van der Waals surface area contributed by atoms with Gasteiger partial charge in [0.15, 0.2) is 0 Å². The number of hydrogen-bond acceptors (Lipinski definition) is 3. The van der Waals surface area contributed by atoms with Gasteiger partial charge < -0.3 is 11.1 Å². The lowest BCUT2D eigenvalue weighted by atomic mass is 10.0. The molecule has 2 aromatic rings. The predicted octanol–water partition coefficient (Wildman–Crippen LogP) is 1.84. The van der Waals surface area contributed by atoms with E-state index in [0.717, 1.165) is 5.56 Å². The second-order valence-corrected chi connectivity index (χ2v) is 5.78. The van der Waals surface area contributed by atoms with Crippen molar-refractivity contribution in [2.45, 2.75) is 12.5 Å². The number of nitrogens with one attached hydrogen (secondary N) is 1. The summed E-state index contributed by atoms with van der Waals surface area (Å²) in [5.41, 5.74) is 6.28. The molecule has 0 fully saturated rings. The number of ketones is 1. The Bertz CT molecular complexity index is 732. The minimum Gasteiger partial charge on any atom is -0.363 e. The normalized spacial score (nSPS) is 11.5. The first-order chi connectivity index (χ1) is 11.0. The molecule has 0 aliphatic heterocycles. The Morgan fingerprint density at radius 3 is 2.22 bits per heavy atom. The van der Waals surface area contributed by atoms with E-state index in [9.17, 15) is 14.4 Å². The van der Waals surface area contributed by atoms with Crippen LogP contribution in [0.25, 0.3) is 0 Å². The summed E-state index contributed by atoms with van der Waals surface area (Å²) in [7, 11) is 0. The summed E-state index contributed by atoms with van der Waals surface area (Å²) in [4.78, 5) is 35.6. The van der Waals surface area contributed by atoms with Gasteiger partial charge in [0.1, 0.15) is 6.04 Å². The van der Waals surface area contributed by atoms with Gasteiger partial charge >= 0.3 is 0 Å². The minimum absolute atomic E-state index is 0.193. The first kappa shape index (κ1) is 16.9. The first-order valence-electron chi connectivity index (χ1n) is 6.92. The van der Waals surface area contributed by atoms with E-state index in [1.807, 2.05) is 30.3 Å². The Labute approximate surface area is 142 Å². The second-order valence-electron chi connectivity index (χ2n) is 4.92. The monoisotopic (exact) mass is 374 g/mol. The van der Waals surface area contributed by atoms with Crippen molar-refractivity contribution in [2.75, 3.05) is 0 Å². The van der Waals surface area contributed by atoms with Crippen molar-refractivity contribution in [3.05, 3.63) is 70.2 Å². The summed E-state index contributed by atoms with van der Waals surface area (Å²) < 4.78 is 0.600. The van der Waals surface area contributed by atoms with Crippen LogP contribution in [-0.4, -0.2) is 23.6 Å². The van der Waals surface area contributed by atoms with E-state index in [-0.39, 0.29) is 6.42 Å². The third kappa shape index (κ3) is 4.50. The maximum absolute atomic E-state index is 12.3. The van der Waals surface area contributed by atoms with Crippen molar-refractivity contribution in [3.63, 3.8) is 0 Å². The van der Waals surface area contributed by atoms with Crippen molar-refractivity contribution in [1.29, 1.82) is 0 Å². The van der Waals surface area contributed by atoms with Crippen LogP contribution in [0.5, 0.6) is 0 Å².